The van der Waals surface area contributed by atoms with E-state index in [0.29, 0.717) is 0 Å². The van der Waals surface area contributed by atoms with Gasteiger partial charge in [-0.3, -0.25) is 0 Å². The maximum atomic E-state index is 4.09. The SMILES string of the molecule is [CH2]Sc1nnc(-c2cccs2)n1C. The third-order valence-electron chi connectivity index (χ3n) is 1.71. The van der Waals surface area contributed by atoms with Crippen molar-refractivity contribution in [3.05, 3.63) is 23.8 Å². The molecule has 67 valence electrons. The minimum Gasteiger partial charge on any atom is -0.305 e. The monoisotopic (exact) mass is 210 g/mol. The number of hydrogen-bond donors (Lipinski definition) is 0. The first kappa shape index (κ1) is 8.77. The van der Waals surface area contributed by atoms with Gasteiger partial charge in [-0.25, -0.2) is 0 Å². The highest BCUT2D eigenvalue weighted by molar-refractivity contribution is 8.00. The van der Waals surface area contributed by atoms with Gasteiger partial charge in [-0.05, 0) is 11.4 Å². The fourth-order valence-electron chi connectivity index (χ4n) is 1.06. The molecule has 0 aliphatic heterocycles. The maximum absolute atomic E-state index is 4.09. The second kappa shape index (κ2) is 3.51. The van der Waals surface area contributed by atoms with Crippen LogP contribution in [0.2, 0.25) is 0 Å². The molecule has 0 N–H and O–H groups in total. The summed E-state index contributed by atoms with van der Waals surface area (Å²) in [5.74, 6) is 0.904. The molecule has 5 heteroatoms. The van der Waals surface area contributed by atoms with E-state index in [4.69, 9.17) is 0 Å². The Morgan fingerprint density at radius 3 is 2.92 bits per heavy atom. The molecule has 13 heavy (non-hydrogen) atoms. The van der Waals surface area contributed by atoms with Crippen molar-refractivity contribution in [3.8, 4) is 10.7 Å². The van der Waals surface area contributed by atoms with Crippen LogP contribution >= 0.6 is 23.1 Å². The first-order chi connectivity index (χ1) is 6.33. The molecule has 0 unspecified atom stereocenters. The molecule has 0 atom stereocenters. The van der Waals surface area contributed by atoms with Gasteiger partial charge >= 0.3 is 0 Å². The van der Waals surface area contributed by atoms with Crippen molar-refractivity contribution in [1.82, 2.24) is 14.8 Å². The topological polar surface area (TPSA) is 30.7 Å². The van der Waals surface area contributed by atoms with Crippen LogP contribution in [-0.4, -0.2) is 14.8 Å². The van der Waals surface area contributed by atoms with Crippen LogP contribution in [0.15, 0.2) is 22.7 Å². The molecule has 1 radical (unpaired) electrons. The van der Waals surface area contributed by atoms with E-state index >= 15 is 0 Å². The van der Waals surface area contributed by atoms with Crippen molar-refractivity contribution in [1.29, 1.82) is 0 Å². The lowest BCUT2D eigenvalue weighted by Gasteiger charge is -1.97. The minimum atomic E-state index is 0.836. The van der Waals surface area contributed by atoms with Crippen molar-refractivity contribution in [3.63, 3.8) is 0 Å². The molecule has 0 saturated carbocycles. The largest absolute Gasteiger partial charge is 0.305 e. The van der Waals surface area contributed by atoms with Gasteiger partial charge in [0.1, 0.15) is 0 Å². The highest BCUT2D eigenvalue weighted by atomic mass is 32.2. The van der Waals surface area contributed by atoms with Crippen molar-refractivity contribution in [2.45, 2.75) is 5.16 Å². The number of thioether (sulfide) groups is 1. The molecular weight excluding hydrogens is 202 g/mol. The molecule has 2 aromatic rings. The van der Waals surface area contributed by atoms with E-state index in [1.54, 1.807) is 11.3 Å². The zero-order valence-electron chi connectivity index (χ0n) is 7.10. The Morgan fingerprint density at radius 2 is 2.38 bits per heavy atom. The van der Waals surface area contributed by atoms with E-state index in [1.807, 2.05) is 29.1 Å². The van der Waals surface area contributed by atoms with Crippen molar-refractivity contribution in [2.75, 3.05) is 0 Å². The third kappa shape index (κ3) is 1.49. The van der Waals surface area contributed by atoms with Gasteiger partial charge in [-0.15, -0.1) is 21.5 Å². The van der Waals surface area contributed by atoms with E-state index in [2.05, 4.69) is 16.5 Å². The van der Waals surface area contributed by atoms with Crippen LogP contribution in [0, 0.1) is 6.26 Å². The summed E-state index contributed by atoms with van der Waals surface area (Å²) in [4.78, 5) is 1.13. The lowest BCUT2D eigenvalue weighted by molar-refractivity contribution is 0.797. The molecule has 2 rings (SSSR count). The van der Waals surface area contributed by atoms with Crippen molar-refractivity contribution < 1.29 is 0 Å². The number of hydrogen-bond acceptors (Lipinski definition) is 4. The van der Waals surface area contributed by atoms with Gasteiger partial charge in [-0.2, -0.15) is 0 Å². The number of aromatic nitrogens is 3. The highest BCUT2D eigenvalue weighted by Gasteiger charge is 2.09. The fraction of sp³-hybridized carbons (Fsp3) is 0.125. The molecule has 0 aliphatic rings. The van der Waals surface area contributed by atoms with Gasteiger partial charge in [0.2, 0.25) is 0 Å². The van der Waals surface area contributed by atoms with E-state index in [-0.39, 0.29) is 0 Å². The van der Waals surface area contributed by atoms with Gasteiger partial charge in [0.05, 0.1) is 4.88 Å². The van der Waals surface area contributed by atoms with E-state index in [1.165, 1.54) is 11.8 Å². The summed E-state index contributed by atoms with van der Waals surface area (Å²) in [7, 11) is 1.95. The van der Waals surface area contributed by atoms with Crippen LogP contribution in [0.25, 0.3) is 10.7 Å². The molecule has 0 aromatic carbocycles. The Balaban J connectivity index is 2.48. The minimum absolute atomic E-state index is 0.836. The molecular formula is C8H8N3S2. The van der Waals surface area contributed by atoms with E-state index < -0.39 is 0 Å². The molecule has 3 nitrogen and oxygen atoms in total. The molecule has 0 amide bonds. The molecule has 0 aliphatic carbocycles. The van der Waals surface area contributed by atoms with Crippen LogP contribution in [0.3, 0.4) is 0 Å². The standard InChI is InChI=1S/C8H8N3S2/c1-11-7(6-4-3-5-13-6)9-10-8(11)12-2/h3-5H,2H2,1H3. The second-order valence-corrected chi connectivity index (χ2v) is 4.09. The number of thiophene rings is 1. The van der Waals surface area contributed by atoms with Crippen LogP contribution in [0.1, 0.15) is 0 Å². The summed E-state index contributed by atoms with van der Waals surface area (Å²) in [5, 5.41) is 11.0. The van der Waals surface area contributed by atoms with Crippen LogP contribution < -0.4 is 0 Å². The average Bonchev–Trinajstić information content (AvgIpc) is 2.72. The first-order valence-electron chi connectivity index (χ1n) is 3.68. The first-order valence-corrected chi connectivity index (χ1v) is 5.54. The molecule has 0 bridgehead atoms. The van der Waals surface area contributed by atoms with Crippen molar-refractivity contribution >= 4 is 23.1 Å². The summed E-state index contributed by atoms with van der Waals surface area (Å²) in [5.41, 5.74) is 0. The third-order valence-corrected chi connectivity index (χ3v) is 3.19. The van der Waals surface area contributed by atoms with Gasteiger partial charge < -0.3 is 4.57 Å². The van der Waals surface area contributed by atoms with E-state index in [0.717, 1.165) is 15.9 Å². The Hall–Kier alpha value is -0.810. The van der Waals surface area contributed by atoms with Gasteiger partial charge in [0, 0.05) is 13.3 Å². The Labute approximate surface area is 84.8 Å². The van der Waals surface area contributed by atoms with E-state index in [9.17, 15) is 0 Å². The molecule has 0 saturated heterocycles. The van der Waals surface area contributed by atoms with Gasteiger partial charge in [-0.1, -0.05) is 17.8 Å². The summed E-state index contributed by atoms with van der Waals surface area (Å²) in [6.45, 7) is 0. The molecule has 2 aromatic heterocycles. The predicted octanol–water partition coefficient (Wildman–Crippen LogP) is 2.43. The number of rotatable bonds is 2. The quantitative estimate of drug-likeness (QED) is 0.713. The molecule has 2 heterocycles. The zero-order valence-corrected chi connectivity index (χ0v) is 8.73. The Bertz CT molecular complexity index is 391. The summed E-state index contributed by atoms with van der Waals surface area (Å²) >= 11 is 3.02. The van der Waals surface area contributed by atoms with Gasteiger partial charge in [0.15, 0.2) is 11.0 Å². The van der Waals surface area contributed by atoms with Crippen LogP contribution in [0.5, 0.6) is 0 Å². The maximum Gasteiger partial charge on any atom is 0.191 e. The fourth-order valence-corrected chi connectivity index (χ4v) is 2.18. The Kier molecular flexibility index (Phi) is 2.37. The number of nitrogens with zero attached hydrogens (tertiary/aromatic N) is 3. The smallest absolute Gasteiger partial charge is 0.191 e. The molecule has 0 spiro atoms. The van der Waals surface area contributed by atoms with Crippen LogP contribution in [-0.2, 0) is 7.05 Å². The molecule has 0 fully saturated rings. The summed E-state index contributed by atoms with van der Waals surface area (Å²) in [6, 6.07) is 4.04. The zero-order chi connectivity index (χ0) is 9.26. The normalized spacial score (nSPS) is 10.6. The predicted molar refractivity (Wildman–Crippen MR) is 55.5 cm³/mol. The lowest BCUT2D eigenvalue weighted by atomic mass is 10.4. The second-order valence-electron chi connectivity index (χ2n) is 2.49. The van der Waals surface area contributed by atoms with Crippen LogP contribution in [0.4, 0.5) is 0 Å². The lowest BCUT2D eigenvalue weighted by Crippen LogP contribution is -1.91. The summed E-state index contributed by atoms with van der Waals surface area (Å²) < 4.78 is 1.95. The summed E-state index contributed by atoms with van der Waals surface area (Å²) in [6.07, 6.45) is 3.71. The Morgan fingerprint density at radius 1 is 1.54 bits per heavy atom. The van der Waals surface area contributed by atoms with Gasteiger partial charge in [0.25, 0.3) is 0 Å². The highest BCUT2D eigenvalue weighted by Crippen LogP contribution is 2.25. The average molecular weight is 210 g/mol. The van der Waals surface area contributed by atoms with Crippen molar-refractivity contribution in [2.24, 2.45) is 7.05 Å².